The first kappa shape index (κ1) is 21.9. The van der Waals surface area contributed by atoms with E-state index < -0.39 is 0 Å². The summed E-state index contributed by atoms with van der Waals surface area (Å²) in [6.07, 6.45) is 7.73. The quantitative estimate of drug-likeness (QED) is 0.359. The van der Waals surface area contributed by atoms with E-state index in [1.165, 1.54) is 63.7 Å². The highest BCUT2D eigenvalue weighted by Gasteiger charge is 2.26. The maximum absolute atomic E-state index is 5.65. The molecule has 1 aromatic rings. The molecule has 2 saturated heterocycles. The molecule has 0 spiro atoms. The van der Waals surface area contributed by atoms with Crippen LogP contribution in [0.2, 0.25) is 0 Å². The predicted octanol–water partition coefficient (Wildman–Crippen LogP) is 2.87. The van der Waals surface area contributed by atoms with Crippen LogP contribution in [0.25, 0.3) is 0 Å². The number of aliphatic imine (C=N–C) groups is 1. The van der Waals surface area contributed by atoms with Crippen LogP contribution in [-0.4, -0.2) is 75.7 Å². The monoisotopic (exact) mass is 401 g/mol. The molecule has 1 aromatic carbocycles. The summed E-state index contributed by atoms with van der Waals surface area (Å²) in [6, 6.07) is 8.69. The molecule has 2 heterocycles. The van der Waals surface area contributed by atoms with E-state index in [0.717, 1.165) is 37.9 Å². The number of rotatable bonds is 10. The molecule has 2 aliphatic rings. The summed E-state index contributed by atoms with van der Waals surface area (Å²) < 4.78 is 5.65. The van der Waals surface area contributed by atoms with Gasteiger partial charge in [0.2, 0.25) is 0 Å². The largest absolute Gasteiger partial charge is 0.496 e. The van der Waals surface area contributed by atoms with Gasteiger partial charge < -0.3 is 20.3 Å². The number of nitrogens with one attached hydrogen (secondary N) is 2. The van der Waals surface area contributed by atoms with E-state index in [9.17, 15) is 0 Å². The molecule has 3 rings (SSSR count). The van der Waals surface area contributed by atoms with Crippen LogP contribution in [0.5, 0.6) is 5.75 Å². The Bertz CT molecular complexity index is 623. The fraction of sp³-hybridized carbons (Fsp3) is 0.696. The van der Waals surface area contributed by atoms with Gasteiger partial charge in [0.05, 0.1) is 13.2 Å². The maximum atomic E-state index is 5.65. The highest BCUT2D eigenvalue weighted by atomic mass is 16.5. The van der Waals surface area contributed by atoms with E-state index in [0.29, 0.717) is 6.04 Å². The summed E-state index contributed by atoms with van der Waals surface area (Å²) in [6.45, 7) is 7.90. The lowest BCUT2D eigenvalue weighted by Crippen LogP contribution is -2.43. The zero-order valence-electron chi connectivity index (χ0n) is 18.3. The molecule has 1 unspecified atom stereocenters. The van der Waals surface area contributed by atoms with Crippen molar-refractivity contribution in [2.75, 3.05) is 60.0 Å². The first-order chi connectivity index (χ1) is 14.3. The number of methoxy groups -OCH3 is 1. The minimum absolute atomic E-state index is 0.294. The van der Waals surface area contributed by atoms with Gasteiger partial charge in [0, 0.05) is 25.7 Å². The van der Waals surface area contributed by atoms with Crippen LogP contribution in [0, 0.1) is 0 Å². The Morgan fingerprint density at radius 3 is 2.48 bits per heavy atom. The van der Waals surface area contributed by atoms with Gasteiger partial charge in [-0.05, 0) is 77.3 Å². The summed E-state index contributed by atoms with van der Waals surface area (Å²) in [5.41, 5.74) is 1.26. The number of para-hydroxylation sites is 1. The minimum atomic E-state index is 0.294. The first-order valence-electron chi connectivity index (χ1n) is 11.4. The van der Waals surface area contributed by atoms with Gasteiger partial charge in [-0.3, -0.25) is 9.89 Å². The molecular formula is C23H39N5O. The van der Waals surface area contributed by atoms with Crippen LogP contribution in [0.4, 0.5) is 0 Å². The number of hydrogen-bond acceptors (Lipinski definition) is 4. The highest BCUT2D eigenvalue weighted by molar-refractivity contribution is 5.79. The van der Waals surface area contributed by atoms with Crippen LogP contribution in [0.15, 0.2) is 29.3 Å². The van der Waals surface area contributed by atoms with E-state index in [-0.39, 0.29) is 0 Å². The van der Waals surface area contributed by atoms with Crippen molar-refractivity contribution in [1.29, 1.82) is 0 Å². The highest BCUT2D eigenvalue weighted by Crippen LogP contribution is 2.31. The third-order valence-corrected chi connectivity index (χ3v) is 6.16. The summed E-state index contributed by atoms with van der Waals surface area (Å²) in [7, 11) is 3.61. The van der Waals surface area contributed by atoms with Crippen LogP contribution in [0.3, 0.4) is 0 Å². The average molecular weight is 402 g/mol. The van der Waals surface area contributed by atoms with Gasteiger partial charge in [0.25, 0.3) is 0 Å². The molecule has 2 N–H and O–H groups in total. The van der Waals surface area contributed by atoms with Gasteiger partial charge in [0.15, 0.2) is 5.96 Å². The van der Waals surface area contributed by atoms with Crippen LogP contribution < -0.4 is 15.4 Å². The van der Waals surface area contributed by atoms with Gasteiger partial charge in [0.1, 0.15) is 5.75 Å². The van der Waals surface area contributed by atoms with E-state index in [1.54, 1.807) is 7.11 Å². The van der Waals surface area contributed by atoms with Crippen molar-refractivity contribution in [3.63, 3.8) is 0 Å². The Morgan fingerprint density at radius 1 is 1.03 bits per heavy atom. The Labute approximate surface area is 176 Å². The second-order valence-corrected chi connectivity index (χ2v) is 8.14. The van der Waals surface area contributed by atoms with Crippen molar-refractivity contribution >= 4 is 5.96 Å². The summed E-state index contributed by atoms with van der Waals surface area (Å²) >= 11 is 0. The van der Waals surface area contributed by atoms with Gasteiger partial charge in [-0.25, -0.2) is 0 Å². The Balaban J connectivity index is 1.48. The van der Waals surface area contributed by atoms with E-state index in [2.05, 4.69) is 43.6 Å². The number of ether oxygens (including phenoxy) is 1. The molecular weight excluding hydrogens is 362 g/mol. The lowest BCUT2D eigenvalue weighted by atomic mass is 10.0. The van der Waals surface area contributed by atoms with Crippen molar-refractivity contribution < 1.29 is 4.74 Å². The predicted molar refractivity (Wildman–Crippen MR) is 121 cm³/mol. The number of guanidine groups is 1. The molecule has 6 heteroatoms. The van der Waals surface area contributed by atoms with E-state index in [1.807, 2.05) is 13.1 Å². The van der Waals surface area contributed by atoms with Crippen molar-refractivity contribution in [2.24, 2.45) is 4.99 Å². The van der Waals surface area contributed by atoms with Gasteiger partial charge in [-0.2, -0.15) is 0 Å². The molecule has 0 saturated carbocycles. The summed E-state index contributed by atoms with van der Waals surface area (Å²) in [4.78, 5) is 9.58. The molecule has 2 aliphatic heterocycles. The van der Waals surface area contributed by atoms with E-state index >= 15 is 0 Å². The van der Waals surface area contributed by atoms with E-state index in [4.69, 9.17) is 4.74 Å². The molecule has 6 nitrogen and oxygen atoms in total. The minimum Gasteiger partial charge on any atom is -0.496 e. The molecule has 29 heavy (non-hydrogen) atoms. The number of unbranched alkanes of at least 4 members (excludes halogenated alkanes) is 1. The van der Waals surface area contributed by atoms with Crippen molar-refractivity contribution in [1.82, 2.24) is 20.4 Å². The molecule has 0 bridgehead atoms. The number of hydrogen-bond donors (Lipinski definition) is 2. The SMILES string of the molecule is CN=C(NCCCCN1CCCC1)NCC(c1ccccc1OC)N1CCCC1. The zero-order chi connectivity index (χ0) is 20.3. The number of nitrogens with zero attached hydrogens (tertiary/aromatic N) is 3. The van der Waals surface area contributed by atoms with Crippen molar-refractivity contribution in [2.45, 2.75) is 44.6 Å². The number of likely N-dealkylation sites (tertiary alicyclic amines) is 2. The van der Waals surface area contributed by atoms with Gasteiger partial charge in [-0.15, -0.1) is 0 Å². The van der Waals surface area contributed by atoms with Crippen LogP contribution in [0.1, 0.15) is 50.1 Å². The van der Waals surface area contributed by atoms with Gasteiger partial charge in [-0.1, -0.05) is 18.2 Å². The van der Waals surface area contributed by atoms with Gasteiger partial charge >= 0.3 is 0 Å². The fourth-order valence-electron chi connectivity index (χ4n) is 4.52. The lowest BCUT2D eigenvalue weighted by molar-refractivity contribution is 0.239. The third-order valence-electron chi connectivity index (χ3n) is 6.16. The second kappa shape index (κ2) is 12.0. The molecule has 0 aromatic heterocycles. The van der Waals surface area contributed by atoms with Crippen LogP contribution in [-0.2, 0) is 0 Å². The molecule has 162 valence electrons. The Kier molecular flexibility index (Phi) is 9.09. The van der Waals surface area contributed by atoms with Crippen molar-refractivity contribution in [3.8, 4) is 5.75 Å². The standard InChI is InChI=1S/C23H39N5O/c1-24-23(25-13-5-6-14-27-15-7-8-16-27)26-19-21(28-17-9-10-18-28)20-11-3-4-12-22(20)29-2/h3-4,11-12,21H,5-10,13-19H2,1-2H3,(H2,24,25,26). The lowest BCUT2D eigenvalue weighted by Gasteiger charge is -2.30. The summed E-state index contributed by atoms with van der Waals surface area (Å²) in [5.74, 6) is 1.86. The Morgan fingerprint density at radius 2 is 1.76 bits per heavy atom. The molecule has 0 radical (unpaired) electrons. The first-order valence-corrected chi connectivity index (χ1v) is 11.4. The molecule has 0 aliphatic carbocycles. The zero-order valence-corrected chi connectivity index (χ0v) is 18.3. The third kappa shape index (κ3) is 6.61. The molecule has 0 amide bonds. The summed E-state index contributed by atoms with van der Waals surface area (Å²) in [5, 5.41) is 7.05. The van der Waals surface area contributed by atoms with Crippen molar-refractivity contribution in [3.05, 3.63) is 29.8 Å². The Hall–Kier alpha value is -1.79. The second-order valence-electron chi connectivity index (χ2n) is 8.14. The maximum Gasteiger partial charge on any atom is 0.191 e. The average Bonchev–Trinajstić information content (AvgIpc) is 3.47. The molecule has 1 atom stereocenters. The number of benzene rings is 1. The fourth-order valence-corrected chi connectivity index (χ4v) is 4.52. The topological polar surface area (TPSA) is 52.1 Å². The smallest absolute Gasteiger partial charge is 0.191 e. The molecule has 2 fully saturated rings. The normalized spacial score (nSPS) is 19.4. The van der Waals surface area contributed by atoms with Crippen LogP contribution >= 0.6 is 0 Å².